The number of H-pyrrole nitrogens is 1. The molecule has 0 amide bonds. The van der Waals surface area contributed by atoms with Crippen LogP contribution in [-0.4, -0.2) is 79.9 Å². The number of ether oxygens (including phenoxy) is 2. The Morgan fingerprint density at radius 1 is 1.16 bits per heavy atom. The predicted molar refractivity (Wildman–Crippen MR) is 177 cm³/mol. The number of ketones is 1. The number of carboxylic acids is 1. The number of carbonyl (C=O) groups excluding carboxylic acids is 1. The number of aryl methyl sites for hydroxylation is 1. The van der Waals surface area contributed by atoms with E-state index in [0.717, 1.165) is 17.7 Å². The van der Waals surface area contributed by atoms with E-state index in [-0.39, 0.29) is 62.8 Å². The molecule has 0 spiro atoms. The Bertz CT molecular complexity index is 1990. The largest absolute Gasteiger partial charge is 0.573 e. The number of rotatable bonds is 15. The molecule has 4 heterocycles. The maximum absolute atomic E-state index is 15.5. The van der Waals surface area contributed by atoms with Crippen molar-refractivity contribution in [2.75, 3.05) is 37.6 Å². The molecule has 0 saturated carbocycles. The molecule has 1 aliphatic heterocycles. The minimum Gasteiger partial charge on any atom is -0.573 e. The van der Waals surface area contributed by atoms with E-state index in [1.165, 1.54) is 10.5 Å². The molecule has 2 unspecified atom stereocenters. The Morgan fingerprint density at radius 2 is 1.96 bits per heavy atom. The first-order valence-corrected chi connectivity index (χ1v) is 16.7. The molecule has 0 bridgehead atoms. The minimum atomic E-state index is -1.99. The van der Waals surface area contributed by atoms with Crippen LogP contribution in [0.4, 0.5) is 18.9 Å². The number of pyridine rings is 1. The van der Waals surface area contributed by atoms with Crippen LogP contribution in [0.3, 0.4) is 0 Å². The number of anilines is 1. The highest BCUT2D eigenvalue weighted by molar-refractivity contribution is 7.90. The van der Waals surface area contributed by atoms with Gasteiger partial charge in [0.15, 0.2) is 23.1 Å². The van der Waals surface area contributed by atoms with Gasteiger partial charge in [-0.15, -0.1) is 4.31 Å². The van der Waals surface area contributed by atoms with Gasteiger partial charge in [-0.05, 0) is 55.7 Å². The lowest BCUT2D eigenvalue weighted by Gasteiger charge is -2.19. The summed E-state index contributed by atoms with van der Waals surface area (Å²) in [6.07, 6.45) is 2.16. The molecule has 1 saturated heterocycles. The number of aromatic nitrogens is 3. The van der Waals surface area contributed by atoms with E-state index < -0.39 is 52.6 Å². The van der Waals surface area contributed by atoms with Crippen molar-refractivity contribution in [2.24, 2.45) is 0 Å². The number of nitrogens with one attached hydrogen (secondary N) is 2. The maximum Gasteiger partial charge on any atom is 0.314 e. The van der Waals surface area contributed by atoms with Gasteiger partial charge < -0.3 is 28.6 Å². The van der Waals surface area contributed by atoms with Gasteiger partial charge in [0, 0.05) is 48.1 Å². The molecule has 0 radical (unpaired) electrons. The highest BCUT2D eigenvalue weighted by Crippen LogP contribution is 2.31. The number of aliphatic carboxylic acids is 1. The Labute approximate surface area is 287 Å². The minimum absolute atomic E-state index is 0.0178. The number of aromatic amines is 1. The number of carbonyl (C=O) groups is 2. The van der Waals surface area contributed by atoms with Gasteiger partial charge in [-0.3, -0.25) is 9.59 Å². The zero-order valence-corrected chi connectivity index (χ0v) is 27.5. The highest BCUT2D eigenvalue weighted by atomic mass is 32.2. The Hall–Kier alpha value is -4.90. The second-order valence-corrected chi connectivity index (χ2v) is 12.8. The first kappa shape index (κ1) is 34.9. The number of nitrogens with zero attached hydrogens (tertiary/aromatic N) is 3. The fourth-order valence-corrected chi connectivity index (χ4v) is 6.56. The van der Waals surface area contributed by atoms with Crippen molar-refractivity contribution in [3.8, 4) is 16.9 Å². The van der Waals surface area contributed by atoms with Crippen molar-refractivity contribution in [3.05, 3.63) is 95.1 Å². The molecule has 1 fully saturated rings. The molecule has 262 valence electrons. The average molecular weight is 712 g/mol. The van der Waals surface area contributed by atoms with Crippen LogP contribution >= 0.6 is 0 Å². The van der Waals surface area contributed by atoms with Crippen molar-refractivity contribution in [1.29, 1.82) is 0 Å². The summed E-state index contributed by atoms with van der Waals surface area (Å²) in [5.74, 6) is -4.31. The molecule has 3 N–H and O–H groups in total. The number of fused-ring (bicyclic) bond motifs is 1. The summed E-state index contributed by atoms with van der Waals surface area (Å²) >= 11 is -1.99. The zero-order chi connectivity index (χ0) is 35.4. The smallest absolute Gasteiger partial charge is 0.314 e. The lowest BCUT2D eigenvalue weighted by molar-refractivity contribution is -0.139. The number of alkyl halides is 1. The standard InChI is InChI=1S/C34H32F3N5O7S/c1-19-14-29(49-40-19)24(34(44)45)9-11-47-12-13-48-23-4-2-20(3-5-23)21-15-25-26(17-39-33(25)38-16-21)32(43)30-27(36)6-7-28(31(30)37)41-50(46)42-10-8-22(35)18-42/h2-7,14-17,22,24,41H,8-13,18H2,1H3,(H,38,39)(H,44,45)/t22-,24?,50?/m1/s1. The van der Waals surface area contributed by atoms with Gasteiger partial charge in [-0.25, -0.2) is 18.2 Å². The van der Waals surface area contributed by atoms with E-state index in [9.17, 15) is 28.0 Å². The molecule has 50 heavy (non-hydrogen) atoms. The van der Waals surface area contributed by atoms with Crippen molar-refractivity contribution in [1.82, 2.24) is 19.4 Å². The number of hydrogen-bond donors (Lipinski definition) is 3. The first-order valence-electron chi connectivity index (χ1n) is 15.6. The molecule has 0 aliphatic carbocycles. The van der Waals surface area contributed by atoms with Crippen LogP contribution in [0.1, 0.15) is 46.1 Å². The van der Waals surface area contributed by atoms with E-state index in [1.807, 2.05) is 0 Å². The van der Waals surface area contributed by atoms with E-state index in [2.05, 4.69) is 19.8 Å². The van der Waals surface area contributed by atoms with Crippen LogP contribution in [0.25, 0.3) is 22.2 Å². The third-order valence-corrected chi connectivity index (χ3v) is 9.34. The highest BCUT2D eigenvalue weighted by Gasteiger charge is 2.33. The molecule has 5 aromatic rings. The number of halogens is 3. The fourth-order valence-electron chi connectivity index (χ4n) is 5.52. The van der Waals surface area contributed by atoms with Crippen molar-refractivity contribution in [2.45, 2.75) is 31.9 Å². The van der Waals surface area contributed by atoms with Gasteiger partial charge in [0.05, 0.1) is 24.4 Å². The first-order chi connectivity index (χ1) is 24.1. The summed E-state index contributed by atoms with van der Waals surface area (Å²) < 4.78 is 76.7. The summed E-state index contributed by atoms with van der Waals surface area (Å²) in [6.45, 7) is 2.45. The van der Waals surface area contributed by atoms with Gasteiger partial charge in [0.1, 0.15) is 41.6 Å². The summed E-state index contributed by atoms with van der Waals surface area (Å²) in [4.78, 5) is 32.3. The van der Waals surface area contributed by atoms with Gasteiger partial charge in [0.2, 0.25) is 5.78 Å². The van der Waals surface area contributed by atoms with Gasteiger partial charge in [-0.1, -0.05) is 17.3 Å². The molecular formula is C34H32F3N5O7S. The number of carboxylic acid groups (broad SMARTS) is 1. The molecule has 16 heteroatoms. The van der Waals surface area contributed by atoms with Crippen LogP contribution in [-0.2, 0) is 21.1 Å². The van der Waals surface area contributed by atoms with Crippen LogP contribution in [0.15, 0.2) is 65.4 Å². The van der Waals surface area contributed by atoms with Gasteiger partial charge in [-0.2, -0.15) is 4.72 Å². The Morgan fingerprint density at radius 3 is 2.66 bits per heavy atom. The van der Waals surface area contributed by atoms with Crippen molar-refractivity contribution < 1.29 is 46.4 Å². The second-order valence-electron chi connectivity index (χ2n) is 11.6. The number of benzene rings is 2. The molecule has 6 rings (SSSR count). The van der Waals surface area contributed by atoms with Crippen LogP contribution < -0.4 is 9.46 Å². The summed E-state index contributed by atoms with van der Waals surface area (Å²) in [7, 11) is 0. The molecular weight excluding hydrogens is 679 g/mol. The maximum atomic E-state index is 15.5. The molecule has 3 atom stereocenters. The average Bonchev–Trinajstić information content (AvgIpc) is 3.85. The molecule has 3 aromatic heterocycles. The third-order valence-electron chi connectivity index (χ3n) is 8.14. The topological polar surface area (TPSA) is 166 Å². The molecule has 1 aliphatic rings. The molecule has 2 aromatic carbocycles. The van der Waals surface area contributed by atoms with E-state index in [4.69, 9.17) is 14.0 Å². The Balaban J connectivity index is 1.08. The third kappa shape index (κ3) is 7.78. The van der Waals surface area contributed by atoms with Crippen molar-refractivity contribution >= 4 is 40.0 Å². The summed E-state index contributed by atoms with van der Waals surface area (Å²) in [5.41, 5.74) is 1.08. The summed E-state index contributed by atoms with van der Waals surface area (Å²) in [5, 5.41) is 13.5. The monoisotopic (exact) mass is 711 g/mol. The lowest BCUT2D eigenvalue weighted by atomic mass is 10.00. The summed E-state index contributed by atoms with van der Waals surface area (Å²) in [6, 6.07) is 12.2. The van der Waals surface area contributed by atoms with E-state index in [0.29, 0.717) is 28.0 Å². The second kappa shape index (κ2) is 15.3. The van der Waals surface area contributed by atoms with Gasteiger partial charge >= 0.3 is 5.97 Å². The van der Waals surface area contributed by atoms with Crippen LogP contribution in [0.5, 0.6) is 5.75 Å². The van der Waals surface area contributed by atoms with E-state index in [1.54, 1.807) is 49.5 Å². The van der Waals surface area contributed by atoms with Crippen LogP contribution in [0.2, 0.25) is 0 Å². The van der Waals surface area contributed by atoms with E-state index >= 15 is 4.39 Å². The number of hydrogen-bond acceptors (Lipinski definition) is 10. The van der Waals surface area contributed by atoms with Crippen LogP contribution in [0, 0.1) is 18.6 Å². The molecule has 12 nitrogen and oxygen atoms in total. The lowest BCUT2D eigenvalue weighted by Crippen LogP contribution is -2.34. The predicted octanol–water partition coefficient (Wildman–Crippen LogP) is 5.72. The Kier molecular flexibility index (Phi) is 10.7. The normalized spacial score (nSPS) is 16.1. The van der Waals surface area contributed by atoms with Crippen molar-refractivity contribution in [3.63, 3.8) is 0 Å². The van der Waals surface area contributed by atoms with Gasteiger partial charge in [0.25, 0.3) is 0 Å². The zero-order valence-electron chi connectivity index (χ0n) is 26.7. The fraction of sp³-hybridized carbons (Fsp3) is 0.294. The SMILES string of the molecule is Cc1cc(C(CCOCCOc2ccc(-c3cnc4[nH]cc(C(=O)c5c(F)ccc(N[S+]([O-])N6CC[C@@H](F)C6)c5F)c4c3)cc2)C(=O)O)on1. The quantitative estimate of drug-likeness (QED) is 0.0691.